The van der Waals surface area contributed by atoms with Gasteiger partial charge in [0.1, 0.15) is 5.78 Å². The summed E-state index contributed by atoms with van der Waals surface area (Å²) >= 11 is 3.41. The maximum absolute atomic E-state index is 11.7. The van der Waals surface area contributed by atoms with Crippen LogP contribution in [0, 0.1) is 5.92 Å². The number of benzene rings is 1. The summed E-state index contributed by atoms with van der Waals surface area (Å²) in [6.07, 6.45) is 2.33. The Morgan fingerprint density at radius 2 is 2.20 bits per heavy atom. The first-order valence-electron chi connectivity index (χ1n) is 5.38. The van der Waals surface area contributed by atoms with Crippen LogP contribution in [0.5, 0.6) is 0 Å². The van der Waals surface area contributed by atoms with Crippen molar-refractivity contribution >= 4 is 21.7 Å². The van der Waals surface area contributed by atoms with Gasteiger partial charge in [-0.1, -0.05) is 48.3 Å². The summed E-state index contributed by atoms with van der Waals surface area (Å²) in [6.45, 7) is 4.25. The van der Waals surface area contributed by atoms with Gasteiger partial charge in [-0.15, -0.1) is 0 Å². The van der Waals surface area contributed by atoms with Crippen LogP contribution in [-0.4, -0.2) is 5.78 Å². The fraction of sp³-hybridized carbons (Fsp3) is 0.462. The van der Waals surface area contributed by atoms with Crippen molar-refractivity contribution in [2.45, 2.75) is 33.1 Å². The molecule has 1 unspecified atom stereocenters. The number of ketones is 1. The Balaban J connectivity index is 2.51. The molecule has 0 aliphatic rings. The largest absolute Gasteiger partial charge is 0.299 e. The molecule has 15 heavy (non-hydrogen) atoms. The Labute approximate surface area is 100 Å². The van der Waals surface area contributed by atoms with Gasteiger partial charge in [0, 0.05) is 17.3 Å². The number of hydrogen-bond acceptors (Lipinski definition) is 1. The number of carbonyl (C=O) groups excluding carboxylic acids is 1. The van der Waals surface area contributed by atoms with Crippen molar-refractivity contribution in [2.75, 3.05) is 0 Å². The van der Waals surface area contributed by atoms with E-state index in [1.54, 1.807) is 0 Å². The predicted octanol–water partition coefficient (Wildman–Crippen LogP) is 4.00. The summed E-state index contributed by atoms with van der Waals surface area (Å²) in [4.78, 5) is 11.7. The molecule has 0 amide bonds. The van der Waals surface area contributed by atoms with Gasteiger partial charge in [-0.2, -0.15) is 0 Å². The van der Waals surface area contributed by atoms with E-state index in [1.165, 1.54) is 0 Å². The van der Waals surface area contributed by atoms with Crippen molar-refractivity contribution in [1.82, 2.24) is 0 Å². The van der Waals surface area contributed by atoms with Gasteiger partial charge in [-0.25, -0.2) is 0 Å². The quantitative estimate of drug-likeness (QED) is 0.789. The molecule has 82 valence electrons. The zero-order chi connectivity index (χ0) is 11.3. The number of rotatable bonds is 5. The number of hydrogen-bond donors (Lipinski definition) is 0. The summed E-state index contributed by atoms with van der Waals surface area (Å²) < 4.78 is 1.04. The van der Waals surface area contributed by atoms with Gasteiger partial charge < -0.3 is 0 Å². The van der Waals surface area contributed by atoms with E-state index in [4.69, 9.17) is 0 Å². The first-order valence-corrected chi connectivity index (χ1v) is 6.17. The van der Waals surface area contributed by atoms with Gasteiger partial charge in [-0.05, 0) is 23.6 Å². The molecule has 0 saturated carbocycles. The van der Waals surface area contributed by atoms with E-state index in [1.807, 2.05) is 24.3 Å². The molecule has 1 nitrogen and oxygen atoms in total. The second kappa shape index (κ2) is 6.06. The van der Waals surface area contributed by atoms with Crippen molar-refractivity contribution in [1.29, 1.82) is 0 Å². The molecule has 1 aromatic carbocycles. The minimum Gasteiger partial charge on any atom is -0.299 e. The Morgan fingerprint density at radius 1 is 1.47 bits per heavy atom. The topological polar surface area (TPSA) is 17.1 Å². The van der Waals surface area contributed by atoms with Crippen LogP contribution in [0.1, 0.15) is 32.3 Å². The minimum absolute atomic E-state index is 0.336. The summed E-state index contributed by atoms with van der Waals surface area (Å²) in [5.41, 5.74) is 1.10. The molecule has 1 aromatic rings. The SMILES string of the molecule is CCC(C)CC(=O)Cc1cccc(Br)c1. The molecule has 0 aliphatic heterocycles. The lowest BCUT2D eigenvalue weighted by atomic mass is 9.98. The van der Waals surface area contributed by atoms with Crippen LogP contribution in [0.4, 0.5) is 0 Å². The molecular weight excluding hydrogens is 252 g/mol. The number of carbonyl (C=O) groups is 1. The van der Waals surface area contributed by atoms with Gasteiger partial charge in [0.2, 0.25) is 0 Å². The van der Waals surface area contributed by atoms with Gasteiger partial charge >= 0.3 is 0 Å². The van der Waals surface area contributed by atoms with E-state index in [2.05, 4.69) is 29.8 Å². The molecule has 0 fully saturated rings. The standard InChI is InChI=1S/C13H17BrO/c1-3-10(2)7-13(15)9-11-5-4-6-12(14)8-11/h4-6,8,10H,3,7,9H2,1-2H3. The van der Waals surface area contributed by atoms with E-state index in [0.29, 0.717) is 24.5 Å². The summed E-state index contributed by atoms with van der Waals surface area (Å²) in [5.74, 6) is 0.840. The Kier molecular flexibility index (Phi) is 5.03. The lowest BCUT2D eigenvalue weighted by Gasteiger charge is -2.07. The summed E-state index contributed by atoms with van der Waals surface area (Å²) in [6, 6.07) is 7.95. The first-order chi connectivity index (χ1) is 7.11. The maximum Gasteiger partial charge on any atom is 0.137 e. The van der Waals surface area contributed by atoms with Crippen LogP contribution < -0.4 is 0 Å². The summed E-state index contributed by atoms with van der Waals surface area (Å²) in [7, 11) is 0. The normalized spacial score (nSPS) is 12.5. The maximum atomic E-state index is 11.7. The third kappa shape index (κ3) is 4.61. The van der Waals surface area contributed by atoms with Crippen molar-refractivity contribution < 1.29 is 4.79 Å². The molecule has 2 heteroatoms. The van der Waals surface area contributed by atoms with Crippen molar-refractivity contribution in [3.05, 3.63) is 34.3 Å². The second-order valence-electron chi connectivity index (χ2n) is 4.06. The molecule has 0 aromatic heterocycles. The highest BCUT2D eigenvalue weighted by atomic mass is 79.9. The van der Waals surface area contributed by atoms with Crippen LogP contribution in [-0.2, 0) is 11.2 Å². The van der Waals surface area contributed by atoms with Crippen LogP contribution in [0.3, 0.4) is 0 Å². The average Bonchev–Trinajstić information content (AvgIpc) is 2.17. The van der Waals surface area contributed by atoms with Gasteiger partial charge in [0.25, 0.3) is 0 Å². The molecule has 1 atom stereocenters. The molecule has 1 rings (SSSR count). The highest BCUT2D eigenvalue weighted by Crippen LogP contribution is 2.14. The third-order valence-electron chi connectivity index (χ3n) is 2.56. The van der Waals surface area contributed by atoms with E-state index in [-0.39, 0.29) is 0 Å². The smallest absolute Gasteiger partial charge is 0.137 e. The van der Waals surface area contributed by atoms with Gasteiger partial charge in [-0.3, -0.25) is 4.79 Å². The van der Waals surface area contributed by atoms with E-state index >= 15 is 0 Å². The van der Waals surface area contributed by atoms with Crippen molar-refractivity contribution in [3.8, 4) is 0 Å². The van der Waals surface area contributed by atoms with E-state index in [0.717, 1.165) is 16.5 Å². The minimum atomic E-state index is 0.336. The summed E-state index contributed by atoms with van der Waals surface area (Å²) in [5, 5.41) is 0. The zero-order valence-corrected chi connectivity index (χ0v) is 10.9. The molecule has 0 radical (unpaired) electrons. The monoisotopic (exact) mass is 268 g/mol. The highest BCUT2D eigenvalue weighted by Gasteiger charge is 2.08. The molecular formula is C13H17BrO. The molecule has 0 saturated heterocycles. The fourth-order valence-electron chi connectivity index (χ4n) is 1.48. The van der Waals surface area contributed by atoms with Gasteiger partial charge in [0.15, 0.2) is 0 Å². The molecule has 0 spiro atoms. The Hall–Kier alpha value is -0.630. The second-order valence-corrected chi connectivity index (χ2v) is 4.98. The lowest BCUT2D eigenvalue weighted by molar-refractivity contribution is -0.119. The number of Topliss-reactive ketones (excluding diaryl/α,β-unsaturated/α-hetero) is 1. The van der Waals surface area contributed by atoms with E-state index < -0.39 is 0 Å². The highest BCUT2D eigenvalue weighted by molar-refractivity contribution is 9.10. The molecule has 0 aliphatic carbocycles. The molecule has 0 N–H and O–H groups in total. The number of halogens is 1. The van der Waals surface area contributed by atoms with Crippen LogP contribution in [0.15, 0.2) is 28.7 Å². The average molecular weight is 269 g/mol. The predicted molar refractivity (Wildman–Crippen MR) is 66.9 cm³/mol. The molecule has 0 heterocycles. The Morgan fingerprint density at radius 3 is 2.80 bits per heavy atom. The first kappa shape index (κ1) is 12.4. The fourth-order valence-corrected chi connectivity index (χ4v) is 1.93. The van der Waals surface area contributed by atoms with E-state index in [9.17, 15) is 4.79 Å². The van der Waals surface area contributed by atoms with Crippen LogP contribution in [0.2, 0.25) is 0 Å². The van der Waals surface area contributed by atoms with Crippen molar-refractivity contribution in [2.24, 2.45) is 5.92 Å². The van der Waals surface area contributed by atoms with Crippen LogP contribution >= 0.6 is 15.9 Å². The third-order valence-corrected chi connectivity index (χ3v) is 3.06. The lowest BCUT2D eigenvalue weighted by Crippen LogP contribution is -2.07. The van der Waals surface area contributed by atoms with Crippen LogP contribution in [0.25, 0.3) is 0 Å². The van der Waals surface area contributed by atoms with Gasteiger partial charge in [0.05, 0.1) is 0 Å². The zero-order valence-electron chi connectivity index (χ0n) is 9.29. The molecule has 0 bridgehead atoms. The Bertz CT molecular complexity index is 333. The van der Waals surface area contributed by atoms with Crippen molar-refractivity contribution in [3.63, 3.8) is 0 Å².